The number of hydrogen-bond donors (Lipinski definition) is 1. The molecular weight excluding hydrogens is 334 g/mol. The van der Waals surface area contributed by atoms with Crippen molar-refractivity contribution in [3.63, 3.8) is 0 Å². The summed E-state index contributed by atoms with van der Waals surface area (Å²) >= 11 is 0. The maximum atomic E-state index is 12.2. The standard InChI is InChI=1S/C23H29N3O/c1-20-8-5-6-12-22(20)18-24-23(27)19-26-16-14-25(15-17-26)13-7-11-21-9-3-2-4-10-21/h2-12H,13-19H2,1H3,(H,24,27)/b11-7+. The van der Waals surface area contributed by atoms with E-state index >= 15 is 0 Å². The van der Waals surface area contributed by atoms with Gasteiger partial charge in [0.15, 0.2) is 0 Å². The molecule has 0 radical (unpaired) electrons. The summed E-state index contributed by atoms with van der Waals surface area (Å²) < 4.78 is 0. The van der Waals surface area contributed by atoms with Gasteiger partial charge in [0, 0.05) is 39.3 Å². The maximum Gasteiger partial charge on any atom is 0.234 e. The van der Waals surface area contributed by atoms with Gasteiger partial charge in [-0.15, -0.1) is 0 Å². The topological polar surface area (TPSA) is 35.6 Å². The molecule has 1 aliphatic rings. The summed E-state index contributed by atoms with van der Waals surface area (Å²) in [6.07, 6.45) is 4.39. The van der Waals surface area contributed by atoms with Gasteiger partial charge < -0.3 is 5.32 Å². The first-order chi connectivity index (χ1) is 13.2. The predicted molar refractivity (Wildman–Crippen MR) is 111 cm³/mol. The fourth-order valence-corrected chi connectivity index (χ4v) is 3.29. The van der Waals surface area contributed by atoms with Crippen molar-refractivity contribution >= 4 is 12.0 Å². The molecule has 0 aromatic heterocycles. The van der Waals surface area contributed by atoms with Crippen LogP contribution in [0.3, 0.4) is 0 Å². The normalized spacial score (nSPS) is 15.9. The summed E-state index contributed by atoms with van der Waals surface area (Å²) in [5.41, 5.74) is 3.64. The van der Waals surface area contributed by atoms with Crippen molar-refractivity contribution in [1.29, 1.82) is 0 Å². The molecule has 4 nitrogen and oxygen atoms in total. The van der Waals surface area contributed by atoms with Gasteiger partial charge in [-0.2, -0.15) is 0 Å². The van der Waals surface area contributed by atoms with Crippen LogP contribution in [0, 0.1) is 6.92 Å². The van der Waals surface area contributed by atoms with Crippen LogP contribution in [0.4, 0.5) is 0 Å². The molecule has 2 aromatic carbocycles. The van der Waals surface area contributed by atoms with Crippen LogP contribution in [-0.4, -0.2) is 55.0 Å². The molecule has 0 bridgehead atoms. The number of aryl methyl sites for hydroxylation is 1. The van der Waals surface area contributed by atoms with Crippen molar-refractivity contribution in [2.45, 2.75) is 13.5 Å². The van der Waals surface area contributed by atoms with Gasteiger partial charge in [0.2, 0.25) is 5.91 Å². The van der Waals surface area contributed by atoms with Gasteiger partial charge in [0.1, 0.15) is 0 Å². The molecule has 4 heteroatoms. The monoisotopic (exact) mass is 363 g/mol. The average Bonchev–Trinajstić information content (AvgIpc) is 2.69. The lowest BCUT2D eigenvalue weighted by Crippen LogP contribution is -2.49. The van der Waals surface area contributed by atoms with E-state index in [0.29, 0.717) is 13.1 Å². The van der Waals surface area contributed by atoms with Crippen LogP contribution in [0.5, 0.6) is 0 Å². The molecule has 0 atom stereocenters. The molecule has 1 heterocycles. The van der Waals surface area contributed by atoms with E-state index in [1.165, 1.54) is 16.7 Å². The molecule has 1 saturated heterocycles. The molecule has 0 unspecified atom stereocenters. The van der Waals surface area contributed by atoms with Gasteiger partial charge in [-0.3, -0.25) is 14.6 Å². The highest BCUT2D eigenvalue weighted by molar-refractivity contribution is 5.78. The number of carbonyl (C=O) groups excluding carboxylic acids is 1. The molecule has 1 amide bonds. The molecule has 0 spiro atoms. The van der Waals surface area contributed by atoms with Crippen LogP contribution >= 0.6 is 0 Å². The largest absolute Gasteiger partial charge is 0.351 e. The average molecular weight is 364 g/mol. The summed E-state index contributed by atoms with van der Waals surface area (Å²) in [5, 5.41) is 3.05. The molecule has 27 heavy (non-hydrogen) atoms. The number of amides is 1. The first-order valence-electron chi connectivity index (χ1n) is 9.68. The number of hydrogen-bond acceptors (Lipinski definition) is 3. The van der Waals surface area contributed by atoms with Crippen LogP contribution in [-0.2, 0) is 11.3 Å². The summed E-state index contributed by atoms with van der Waals surface area (Å²) in [5.74, 6) is 0.107. The van der Waals surface area contributed by atoms with E-state index in [1.54, 1.807) is 0 Å². The number of piperazine rings is 1. The smallest absolute Gasteiger partial charge is 0.234 e. The third-order valence-corrected chi connectivity index (χ3v) is 5.04. The Morgan fingerprint density at radius 1 is 0.963 bits per heavy atom. The Bertz CT molecular complexity index is 749. The van der Waals surface area contributed by atoms with E-state index in [1.807, 2.05) is 18.2 Å². The molecule has 3 rings (SSSR count). The fourth-order valence-electron chi connectivity index (χ4n) is 3.29. The van der Waals surface area contributed by atoms with E-state index in [4.69, 9.17) is 0 Å². The first-order valence-corrected chi connectivity index (χ1v) is 9.68. The minimum Gasteiger partial charge on any atom is -0.351 e. The highest BCUT2D eigenvalue weighted by atomic mass is 16.2. The lowest BCUT2D eigenvalue weighted by atomic mass is 10.1. The van der Waals surface area contributed by atoms with E-state index < -0.39 is 0 Å². The number of carbonyl (C=O) groups is 1. The molecule has 1 fully saturated rings. The van der Waals surface area contributed by atoms with E-state index in [2.05, 4.69) is 70.6 Å². The van der Waals surface area contributed by atoms with Crippen molar-refractivity contribution in [3.05, 3.63) is 77.4 Å². The van der Waals surface area contributed by atoms with Crippen molar-refractivity contribution in [2.75, 3.05) is 39.3 Å². The summed E-state index contributed by atoms with van der Waals surface area (Å²) in [4.78, 5) is 16.9. The molecule has 1 aliphatic heterocycles. The van der Waals surface area contributed by atoms with Gasteiger partial charge >= 0.3 is 0 Å². The molecule has 2 aromatic rings. The zero-order chi connectivity index (χ0) is 18.9. The molecular formula is C23H29N3O. The summed E-state index contributed by atoms with van der Waals surface area (Å²) in [7, 11) is 0. The fraction of sp³-hybridized carbons (Fsp3) is 0.348. The van der Waals surface area contributed by atoms with Crippen LogP contribution in [0.1, 0.15) is 16.7 Å². The Balaban J connectivity index is 1.35. The van der Waals surface area contributed by atoms with Gasteiger partial charge in [0.25, 0.3) is 0 Å². The Labute approximate surface area is 162 Å². The second-order valence-corrected chi connectivity index (χ2v) is 7.09. The first kappa shape index (κ1) is 19.3. The van der Waals surface area contributed by atoms with Crippen molar-refractivity contribution in [2.24, 2.45) is 0 Å². The minimum atomic E-state index is 0.107. The molecule has 0 saturated carbocycles. The highest BCUT2D eigenvalue weighted by Crippen LogP contribution is 2.07. The van der Waals surface area contributed by atoms with Crippen LogP contribution in [0.2, 0.25) is 0 Å². The van der Waals surface area contributed by atoms with Gasteiger partial charge in [0.05, 0.1) is 6.54 Å². The Kier molecular flexibility index (Phi) is 7.19. The Morgan fingerprint density at radius 2 is 1.63 bits per heavy atom. The van der Waals surface area contributed by atoms with Gasteiger partial charge in [-0.25, -0.2) is 0 Å². The van der Waals surface area contributed by atoms with Crippen LogP contribution in [0.15, 0.2) is 60.7 Å². The third kappa shape index (κ3) is 6.35. The highest BCUT2D eigenvalue weighted by Gasteiger charge is 2.18. The zero-order valence-corrected chi connectivity index (χ0v) is 16.1. The second-order valence-electron chi connectivity index (χ2n) is 7.09. The SMILES string of the molecule is Cc1ccccc1CNC(=O)CN1CCN(C/C=C/c2ccccc2)CC1. The molecule has 1 N–H and O–H groups in total. The van der Waals surface area contributed by atoms with Crippen molar-refractivity contribution in [3.8, 4) is 0 Å². The van der Waals surface area contributed by atoms with Crippen molar-refractivity contribution < 1.29 is 4.79 Å². The summed E-state index contributed by atoms with van der Waals surface area (Å²) in [6.45, 7) is 8.02. The van der Waals surface area contributed by atoms with Crippen LogP contribution < -0.4 is 5.32 Å². The zero-order valence-electron chi connectivity index (χ0n) is 16.1. The number of nitrogens with zero attached hydrogens (tertiary/aromatic N) is 2. The quantitative estimate of drug-likeness (QED) is 0.822. The van der Waals surface area contributed by atoms with E-state index in [9.17, 15) is 4.79 Å². The second kappa shape index (κ2) is 10.0. The number of benzene rings is 2. The van der Waals surface area contributed by atoms with Crippen molar-refractivity contribution in [1.82, 2.24) is 15.1 Å². The Hall–Kier alpha value is -2.43. The lowest BCUT2D eigenvalue weighted by molar-refractivity contribution is -0.122. The van der Waals surface area contributed by atoms with E-state index in [-0.39, 0.29) is 5.91 Å². The number of rotatable bonds is 7. The summed E-state index contributed by atoms with van der Waals surface area (Å²) in [6, 6.07) is 18.6. The molecule has 142 valence electrons. The molecule has 0 aliphatic carbocycles. The van der Waals surface area contributed by atoms with Crippen LogP contribution in [0.25, 0.3) is 6.08 Å². The minimum absolute atomic E-state index is 0.107. The van der Waals surface area contributed by atoms with Gasteiger partial charge in [-0.1, -0.05) is 66.7 Å². The lowest BCUT2D eigenvalue weighted by Gasteiger charge is -2.33. The van der Waals surface area contributed by atoms with Gasteiger partial charge in [-0.05, 0) is 23.6 Å². The maximum absolute atomic E-state index is 12.2. The third-order valence-electron chi connectivity index (χ3n) is 5.04. The predicted octanol–water partition coefficient (Wildman–Crippen LogP) is 2.94. The number of nitrogens with one attached hydrogen (secondary N) is 1. The van der Waals surface area contributed by atoms with E-state index in [0.717, 1.165) is 32.7 Å². The Morgan fingerprint density at radius 3 is 2.37 bits per heavy atom.